The van der Waals surface area contributed by atoms with Crippen LogP contribution < -0.4 is 15.8 Å². The molecule has 0 fully saturated rings. The van der Waals surface area contributed by atoms with Crippen LogP contribution >= 0.6 is 11.3 Å². The maximum absolute atomic E-state index is 12.7. The Morgan fingerprint density at radius 3 is 2.59 bits per heavy atom. The second-order valence-electron chi connectivity index (χ2n) is 7.51. The number of anilines is 1. The van der Waals surface area contributed by atoms with Crippen molar-refractivity contribution in [2.24, 2.45) is 12.8 Å². The van der Waals surface area contributed by atoms with Crippen LogP contribution in [0.5, 0.6) is 5.88 Å². The van der Waals surface area contributed by atoms with Gasteiger partial charge in [-0.1, -0.05) is 30.3 Å². The number of nitrogens with one attached hydrogen (secondary N) is 1. The highest BCUT2D eigenvalue weighted by molar-refractivity contribution is 7.17. The lowest BCUT2D eigenvalue weighted by Gasteiger charge is -2.08. The molecule has 2 amide bonds. The Labute approximate surface area is 189 Å². The zero-order chi connectivity index (χ0) is 23.0. The number of carbonyl (C=O) groups excluding carboxylic acids is 2. The highest BCUT2D eigenvalue weighted by atomic mass is 32.1. The number of rotatable bonds is 6. The molecule has 0 aliphatic heterocycles. The average molecular weight is 450 g/mol. The quantitative estimate of drug-likeness (QED) is 0.466. The smallest absolute Gasteiger partial charge is 0.262 e. The Balaban J connectivity index is 1.57. The first-order chi connectivity index (χ1) is 15.3. The standard InChI is InChI=1S/C23H23N5O3S/c1-12-10-13(2)25-21-17(12)22(27-28(21)4)31-11-16(29)26-23-19(20(24)30)18(14(3)32-23)15-8-6-5-7-9-15/h5-10H,11H2,1-4H3,(H2,24,30)(H,26,29). The van der Waals surface area contributed by atoms with Crippen LogP contribution in [0.25, 0.3) is 22.2 Å². The molecule has 164 valence electrons. The second kappa shape index (κ2) is 8.43. The number of aromatic nitrogens is 3. The van der Waals surface area contributed by atoms with E-state index in [4.69, 9.17) is 10.5 Å². The van der Waals surface area contributed by atoms with Crippen LogP contribution in [0.2, 0.25) is 0 Å². The number of nitrogens with zero attached hydrogens (tertiary/aromatic N) is 3. The molecule has 0 atom stereocenters. The molecule has 0 saturated heterocycles. The zero-order valence-corrected chi connectivity index (χ0v) is 19.0. The van der Waals surface area contributed by atoms with Crippen LogP contribution in [0.1, 0.15) is 26.5 Å². The van der Waals surface area contributed by atoms with E-state index in [0.717, 1.165) is 32.6 Å². The molecular weight excluding hydrogens is 426 g/mol. The Morgan fingerprint density at radius 1 is 1.19 bits per heavy atom. The number of carbonyl (C=O) groups is 2. The molecular formula is C23H23N5O3S. The van der Waals surface area contributed by atoms with Gasteiger partial charge in [0.25, 0.3) is 11.8 Å². The molecule has 0 aliphatic carbocycles. The van der Waals surface area contributed by atoms with Crippen molar-refractivity contribution in [2.45, 2.75) is 20.8 Å². The van der Waals surface area contributed by atoms with E-state index in [1.54, 1.807) is 11.7 Å². The fraction of sp³-hybridized carbons (Fsp3) is 0.217. The van der Waals surface area contributed by atoms with Crippen molar-refractivity contribution in [3.63, 3.8) is 0 Å². The summed E-state index contributed by atoms with van der Waals surface area (Å²) < 4.78 is 7.35. The van der Waals surface area contributed by atoms with Crippen LogP contribution in [-0.4, -0.2) is 33.2 Å². The van der Waals surface area contributed by atoms with Crippen molar-refractivity contribution < 1.29 is 14.3 Å². The number of amides is 2. The number of benzene rings is 1. The third-order valence-electron chi connectivity index (χ3n) is 5.07. The molecule has 3 N–H and O–H groups in total. The lowest BCUT2D eigenvalue weighted by molar-refractivity contribution is -0.118. The second-order valence-corrected chi connectivity index (χ2v) is 8.74. The number of primary amides is 1. The molecule has 0 spiro atoms. The van der Waals surface area contributed by atoms with Crippen LogP contribution in [0.3, 0.4) is 0 Å². The van der Waals surface area contributed by atoms with E-state index in [9.17, 15) is 9.59 Å². The van der Waals surface area contributed by atoms with E-state index in [-0.39, 0.29) is 6.61 Å². The topological polar surface area (TPSA) is 112 Å². The Hall–Kier alpha value is -3.72. The van der Waals surface area contributed by atoms with E-state index in [0.29, 0.717) is 22.1 Å². The van der Waals surface area contributed by atoms with Gasteiger partial charge < -0.3 is 15.8 Å². The van der Waals surface area contributed by atoms with Crippen molar-refractivity contribution >= 4 is 39.2 Å². The van der Waals surface area contributed by atoms with Gasteiger partial charge in [-0.2, -0.15) is 0 Å². The molecule has 3 aromatic heterocycles. The van der Waals surface area contributed by atoms with Crippen LogP contribution in [0, 0.1) is 20.8 Å². The predicted octanol–water partition coefficient (Wildman–Crippen LogP) is 3.74. The normalized spacial score (nSPS) is 11.0. The Bertz CT molecular complexity index is 1340. The van der Waals surface area contributed by atoms with E-state index in [1.807, 2.05) is 57.2 Å². The van der Waals surface area contributed by atoms with Crippen molar-refractivity contribution in [3.8, 4) is 17.0 Å². The van der Waals surface area contributed by atoms with Crippen molar-refractivity contribution in [2.75, 3.05) is 11.9 Å². The molecule has 0 unspecified atom stereocenters. The molecule has 4 rings (SSSR count). The lowest BCUT2D eigenvalue weighted by Crippen LogP contribution is -2.22. The SMILES string of the molecule is Cc1cc(C)c2c(OCC(=O)Nc3sc(C)c(-c4ccccc4)c3C(N)=O)nn(C)c2n1. The van der Waals surface area contributed by atoms with Crippen molar-refractivity contribution in [1.82, 2.24) is 14.8 Å². The number of thiophene rings is 1. The number of hydrogen-bond acceptors (Lipinski definition) is 6. The lowest BCUT2D eigenvalue weighted by atomic mass is 10.0. The van der Waals surface area contributed by atoms with Gasteiger partial charge in [-0.05, 0) is 38.0 Å². The van der Waals surface area contributed by atoms with Crippen LogP contribution in [-0.2, 0) is 11.8 Å². The minimum atomic E-state index is -0.600. The number of ether oxygens (including phenoxy) is 1. The summed E-state index contributed by atoms with van der Waals surface area (Å²) in [5, 5.41) is 8.30. The molecule has 8 nitrogen and oxygen atoms in total. The van der Waals surface area contributed by atoms with Gasteiger partial charge in [-0.3, -0.25) is 9.59 Å². The number of pyridine rings is 1. The maximum Gasteiger partial charge on any atom is 0.262 e. The van der Waals surface area contributed by atoms with Gasteiger partial charge >= 0.3 is 0 Å². The van der Waals surface area contributed by atoms with Gasteiger partial charge in [0, 0.05) is 23.2 Å². The summed E-state index contributed by atoms with van der Waals surface area (Å²) >= 11 is 1.31. The molecule has 3 heterocycles. The van der Waals surface area contributed by atoms with Gasteiger partial charge in [0.1, 0.15) is 5.00 Å². The summed E-state index contributed by atoms with van der Waals surface area (Å²) in [5.74, 6) is -0.674. The predicted molar refractivity (Wildman–Crippen MR) is 125 cm³/mol. The molecule has 0 radical (unpaired) electrons. The molecule has 32 heavy (non-hydrogen) atoms. The monoisotopic (exact) mass is 449 g/mol. The number of nitrogens with two attached hydrogens (primary N) is 1. The van der Waals surface area contributed by atoms with E-state index in [1.165, 1.54) is 11.3 Å². The first-order valence-corrected chi connectivity index (χ1v) is 10.8. The summed E-state index contributed by atoms with van der Waals surface area (Å²) in [5.41, 5.74) is 10.1. The summed E-state index contributed by atoms with van der Waals surface area (Å²) in [6.07, 6.45) is 0. The fourth-order valence-corrected chi connectivity index (χ4v) is 4.86. The summed E-state index contributed by atoms with van der Waals surface area (Å²) in [6, 6.07) is 11.4. The van der Waals surface area contributed by atoms with Gasteiger partial charge in [-0.15, -0.1) is 16.4 Å². The first kappa shape index (κ1) is 21.5. The molecule has 0 bridgehead atoms. The van der Waals surface area contributed by atoms with Crippen LogP contribution in [0.4, 0.5) is 5.00 Å². The summed E-state index contributed by atoms with van der Waals surface area (Å²) in [4.78, 5) is 30.3. The van der Waals surface area contributed by atoms with Gasteiger partial charge in [0.15, 0.2) is 12.3 Å². The minimum absolute atomic E-state index is 0.269. The Kier molecular flexibility index (Phi) is 5.67. The highest BCUT2D eigenvalue weighted by Gasteiger charge is 2.23. The van der Waals surface area contributed by atoms with E-state index >= 15 is 0 Å². The summed E-state index contributed by atoms with van der Waals surface area (Å²) in [7, 11) is 1.78. The number of hydrogen-bond donors (Lipinski definition) is 2. The summed E-state index contributed by atoms with van der Waals surface area (Å²) in [6.45, 7) is 5.49. The van der Waals surface area contributed by atoms with Crippen molar-refractivity contribution in [1.29, 1.82) is 0 Å². The first-order valence-electron chi connectivity index (χ1n) is 9.98. The minimum Gasteiger partial charge on any atom is -0.466 e. The largest absolute Gasteiger partial charge is 0.466 e. The molecule has 9 heteroatoms. The van der Waals surface area contributed by atoms with E-state index < -0.39 is 11.8 Å². The van der Waals surface area contributed by atoms with Gasteiger partial charge in [0.2, 0.25) is 5.88 Å². The maximum atomic E-state index is 12.7. The zero-order valence-electron chi connectivity index (χ0n) is 18.2. The molecule has 0 aliphatic rings. The Morgan fingerprint density at radius 2 is 1.91 bits per heavy atom. The van der Waals surface area contributed by atoms with Crippen molar-refractivity contribution in [3.05, 3.63) is 58.1 Å². The molecule has 1 aromatic carbocycles. The third kappa shape index (κ3) is 3.94. The third-order valence-corrected chi connectivity index (χ3v) is 6.09. The average Bonchev–Trinajstić information content (AvgIpc) is 3.23. The molecule has 4 aromatic rings. The molecule has 0 saturated carbocycles. The number of fused-ring (bicyclic) bond motifs is 1. The van der Waals surface area contributed by atoms with Gasteiger partial charge in [-0.25, -0.2) is 9.67 Å². The fourth-order valence-electron chi connectivity index (χ4n) is 3.77. The number of aryl methyl sites for hydroxylation is 4. The highest BCUT2D eigenvalue weighted by Crippen LogP contribution is 2.39. The van der Waals surface area contributed by atoms with E-state index in [2.05, 4.69) is 15.4 Å². The van der Waals surface area contributed by atoms with Gasteiger partial charge in [0.05, 0.1) is 10.9 Å². The van der Waals surface area contributed by atoms with Crippen LogP contribution in [0.15, 0.2) is 36.4 Å².